The summed E-state index contributed by atoms with van der Waals surface area (Å²) in [5.74, 6) is -3.19. The van der Waals surface area contributed by atoms with Gasteiger partial charge in [-0.25, -0.2) is 4.79 Å². The molecule has 1 heterocycles. The number of anilines is 1. The van der Waals surface area contributed by atoms with Crippen molar-refractivity contribution in [3.05, 3.63) is 39.7 Å². The number of esters is 1. The normalized spacial score (nSPS) is 18.6. The van der Waals surface area contributed by atoms with Crippen LogP contribution in [0.1, 0.15) is 47.8 Å². The SMILES string of the molecule is CCOC(=O)c1c(NC(=O)[C@@H]2CCCC[C@H]2C(=O)O)sc(C)c1-c1cccc(Cl)c1. The number of aryl methyl sites for hydroxylation is 1. The molecule has 0 bridgehead atoms. The zero-order chi connectivity index (χ0) is 21.8. The van der Waals surface area contributed by atoms with E-state index in [2.05, 4.69) is 5.32 Å². The summed E-state index contributed by atoms with van der Waals surface area (Å²) in [6, 6.07) is 7.14. The van der Waals surface area contributed by atoms with Crippen LogP contribution in [-0.4, -0.2) is 29.6 Å². The maximum absolute atomic E-state index is 13.0. The van der Waals surface area contributed by atoms with Crippen LogP contribution in [0.5, 0.6) is 0 Å². The molecule has 1 fully saturated rings. The fraction of sp³-hybridized carbons (Fsp3) is 0.409. The molecule has 1 aromatic carbocycles. The van der Waals surface area contributed by atoms with Gasteiger partial charge in [-0.15, -0.1) is 11.3 Å². The van der Waals surface area contributed by atoms with Crippen molar-refractivity contribution in [1.29, 1.82) is 0 Å². The zero-order valence-electron chi connectivity index (χ0n) is 16.9. The van der Waals surface area contributed by atoms with Crippen LogP contribution < -0.4 is 5.32 Å². The molecule has 0 radical (unpaired) electrons. The van der Waals surface area contributed by atoms with E-state index in [1.165, 1.54) is 11.3 Å². The van der Waals surface area contributed by atoms with Crippen molar-refractivity contribution in [3.8, 4) is 11.1 Å². The van der Waals surface area contributed by atoms with E-state index in [0.29, 0.717) is 28.4 Å². The highest BCUT2D eigenvalue weighted by molar-refractivity contribution is 7.17. The van der Waals surface area contributed by atoms with Crippen LogP contribution >= 0.6 is 22.9 Å². The van der Waals surface area contributed by atoms with Crippen LogP contribution in [-0.2, 0) is 14.3 Å². The van der Waals surface area contributed by atoms with Gasteiger partial charge in [0.25, 0.3) is 0 Å². The van der Waals surface area contributed by atoms with Gasteiger partial charge in [-0.1, -0.05) is 36.6 Å². The van der Waals surface area contributed by atoms with Crippen molar-refractivity contribution in [1.82, 2.24) is 0 Å². The molecule has 6 nitrogen and oxygen atoms in total. The molecule has 0 saturated heterocycles. The number of thiophene rings is 1. The van der Waals surface area contributed by atoms with Gasteiger partial charge in [0.2, 0.25) is 5.91 Å². The number of hydrogen-bond donors (Lipinski definition) is 2. The van der Waals surface area contributed by atoms with E-state index in [0.717, 1.165) is 23.3 Å². The van der Waals surface area contributed by atoms with E-state index < -0.39 is 23.8 Å². The summed E-state index contributed by atoms with van der Waals surface area (Å²) in [5.41, 5.74) is 1.69. The summed E-state index contributed by atoms with van der Waals surface area (Å²) in [4.78, 5) is 38.2. The van der Waals surface area contributed by atoms with Crippen molar-refractivity contribution in [2.45, 2.75) is 39.5 Å². The lowest BCUT2D eigenvalue weighted by molar-refractivity contribution is -0.147. The van der Waals surface area contributed by atoms with Crippen molar-refractivity contribution < 1.29 is 24.2 Å². The van der Waals surface area contributed by atoms with E-state index in [-0.39, 0.29) is 18.1 Å². The van der Waals surface area contributed by atoms with Crippen LogP contribution in [0.3, 0.4) is 0 Å². The second kappa shape index (κ2) is 9.62. The van der Waals surface area contributed by atoms with Crippen LogP contribution in [0.25, 0.3) is 11.1 Å². The molecule has 0 aliphatic heterocycles. The van der Waals surface area contributed by atoms with Crippen molar-refractivity contribution in [2.24, 2.45) is 11.8 Å². The van der Waals surface area contributed by atoms with Gasteiger partial charge in [0.05, 0.1) is 18.4 Å². The van der Waals surface area contributed by atoms with Crippen molar-refractivity contribution in [2.75, 3.05) is 11.9 Å². The van der Waals surface area contributed by atoms with Gasteiger partial charge in [0.1, 0.15) is 10.6 Å². The first-order valence-electron chi connectivity index (χ1n) is 9.93. The Hall–Kier alpha value is -2.38. The quantitative estimate of drug-likeness (QED) is 0.577. The number of aliphatic carboxylic acids is 1. The van der Waals surface area contributed by atoms with Crippen LogP contribution in [0.15, 0.2) is 24.3 Å². The van der Waals surface area contributed by atoms with Gasteiger partial charge >= 0.3 is 11.9 Å². The second-order valence-electron chi connectivity index (χ2n) is 7.29. The Labute approximate surface area is 184 Å². The molecule has 1 aliphatic rings. The third-order valence-electron chi connectivity index (χ3n) is 5.33. The highest BCUT2D eigenvalue weighted by Gasteiger charge is 2.37. The first-order valence-corrected chi connectivity index (χ1v) is 11.1. The van der Waals surface area contributed by atoms with E-state index in [9.17, 15) is 19.5 Å². The van der Waals surface area contributed by atoms with E-state index in [4.69, 9.17) is 16.3 Å². The Morgan fingerprint density at radius 3 is 2.57 bits per heavy atom. The van der Waals surface area contributed by atoms with Gasteiger partial charge < -0.3 is 15.2 Å². The maximum Gasteiger partial charge on any atom is 0.341 e. The Morgan fingerprint density at radius 1 is 1.23 bits per heavy atom. The highest BCUT2D eigenvalue weighted by atomic mass is 35.5. The Morgan fingerprint density at radius 2 is 1.93 bits per heavy atom. The number of nitrogens with one attached hydrogen (secondary N) is 1. The minimum Gasteiger partial charge on any atom is -0.481 e. The third-order valence-corrected chi connectivity index (χ3v) is 6.59. The minimum atomic E-state index is -0.956. The van der Waals surface area contributed by atoms with Gasteiger partial charge in [-0.05, 0) is 44.4 Å². The van der Waals surface area contributed by atoms with Crippen molar-refractivity contribution in [3.63, 3.8) is 0 Å². The fourth-order valence-electron chi connectivity index (χ4n) is 3.97. The van der Waals surface area contributed by atoms with Crippen molar-refractivity contribution >= 4 is 45.8 Å². The predicted octanol–water partition coefficient (Wildman–Crippen LogP) is 5.38. The summed E-state index contributed by atoms with van der Waals surface area (Å²) in [6.07, 6.45) is 2.61. The molecule has 1 amide bonds. The number of carbonyl (C=O) groups is 3. The summed E-state index contributed by atoms with van der Waals surface area (Å²) in [7, 11) is 0. The molecule has 30 heavy (non-hydrogen) atoms. The van der Waals surface area contributed by atoms with E-state index in [1.807, 2.05) is 13.0 Å². The number of amides is 1. The van der Waals surface area contributed by atoms with Crippen LogP contribution in [0.4, 0.5) is 5.00 Å². The number of benzene rings is 1. The van der Waals surface area contributed by atoms with Crippen LogP contribution in [0, 0.1) is 18.8 Å². The molecule has 2 atom stereocenters. The van der Waals surface area contributed by atoms with E-state index in [1.54, 1.807) is 25.1 Å². The molecule has 1 aromatic heterocycles. The molecule has 1 aliphatic carbocycles. The smallest absolute Gasteiger partial charge is 0.341 e. The molecule has 2 aromatic rings. The highest BCUT2D eigenvalue weighted by Crippen LogP contribution is 2.42. The summed E-state index contributed by atoms with van der Waals surface area (Å²) in [5, 5.41) is 13.2. The predicted molar refractivity (Wildman–Crippen MR) is 117 cm³/mol. The van der Waals surface area contributed by atoms with Gasteiger partial charge in [-0.2, -0.15) is 0 Å². The number of rotatable bonds is 6. The Bertz CT molecular complexity index is 970. The molecule has 160 valence electrons. The molecular formula is C22H24ClNO5S. The average Bonchev–Trinajstić information content (AvgIpc) is 3.03. The first kappa shape index (κ1) is 22.3. The van der Waals surface area contributed by atoms with Gasteiger partial charge in [0, 0.05) is 15.5 Å². The third kappa shape index (κ3) is 4.68. The number of carbonyl (C=O) groups excluding carboxylic acids is 2. The summed E-state index contributed by atoms with van der Waals surface area (Å²) >= 11 is 7.41. The van der Waals surface area contributed by atoms with Crippen LogP contribution in [0.2, 0.25) is 5.02 Å². The number of carboxylic acids is 1. The molecule has 1 saturated carbocycles. The summed E-state index contributed by atoms with van der Waals surface area (Å²) in [6.45, 7) is 3.77. The molecule has 8 heteroatoms. The second-order valence-corrected chi connectivity index (χ2v) is 8.95. The molecule has 0 unspecified atom stereocenters. The number of hydrogen-bond acceptors (Lipinski definition) is 5. The monoisotopic (exact) mass is 449 g/mol. The number of halogens is 1. The summed E-state index contributed by atoms with van der Waals surface area (Å²) < 4.78 is 5.25. The lowest BCUT2D eigenvalue weighted by atomic mass is 9.78. The Balaban J connectivity index is 2.00. The fourth-order valence-corrected chi connectivity index (χ4v) is 5.22. The molecule has 2 N–H and O–H groups in total. The maximum atomic E-state index is 13.0. The lowest BCUT2D eigenvalue weighted by Gasteiger charge is -2.27. The standard InChI is InChI=1S/C22H24ClNO5S/c1-3-29-22(28)18-17(13-7-6-8-14(23)11-13)12(2)30-20(18)24-19(25)15-9-4-5-10-16(15)21(26)27/h6-8,11,15-16H,3-5,9-10H2,1-2H3,(H,24,25)(H,26,27)/t15-,16-/m1/s1. The molecule has 0 spiro atoms. The zero-order valence-corrected chi connectivity index (χ0v) is 18.4. The Kier molecular flexibility index (Phi) is 7.15. The molecule has 3 rings (SSSR count). The molecular weight excluding hydrogens is 426 g/mol. The van der Waals surface area contributed by atoms with E-state index >= 15 is 0 Å². The number of carboxylic acid groups (broad SMARTS) is 1. The lowest BCUT2D eigenvalue weighted by Crippen LogP contribution is -2.36. The first-order chi connectivity index (χ1) is 14.3. The topological polar surface area (TPSA) is 92.7 Å². The minimum absolute atomic E-state index is 0.194. The van der Waals surface area contributed by atoms with Gasteiger partial charge in [-0.3, -0.25) is 9.59 Å². The van der Waals surface area contributed by atoms with Gasteiger partial charge in [0.15, 0.2) is 0 Å². The average molecular weight is 450 g/mol. The largest absolute Gasteiger partial charge is 0.481 e. The number of ether oxygens (including phenoxy) is 1.